The minimum atomic E-state index is -0.691. The molecule has 0 bridgehead atoms. The van der Waals surface area contributed by atoms with Crippen LogP contribution in [0.5, 0.6) is 5.88 Å². The second-order valence-corrected chi connectivity index (χ2v) is 2.40. The van der Waals surface area contributed by atoms with Crippen LogP contribution in [-0.4, -0.2) is 33.3 Å². The van der Waals surface area contributed by atoms with Gasteiger partial charge in [0.1, 0.15) is 0 Å². The van der Waals surface area contributed by atoms with E-state index in [1.165, 1.54) is 7.11 Å². The fraction of sp³-hybridized carbons (Fsp3) is 0.143. The van der Waals surface area contributed by atoms with E-state index in [9.17, 15) is 4.79 Å². The minimum Gasteiger partial charge on any atom is -0.492 e. The number of rotatable bonds is 1. The highest BCUT2D eigenvalue weighted by atomic mass is 16.5. The lowest BCUT2D eigenvalue weighted by Crippen LogP contribution is -2.02. The molecule has 72 valence electrons. The molecule has 0 aliphatic carbocycles. The van der Waals surface area contributed by atoms with Gasteiger partial charge in [-0.3, -0.25) is 0 Å². The highest BCUT2D eigenvalue weighted by Crippen LogP contribution is 2.16. The molecule has 0 atom stereocenters. The zero-order chi connectivity index (χ0) is 10.1. The van der Waals surface area contributed by atoms with Gasteiger partial charge in [-0.15, -0.1) is 0 Å². The number of aromatic hydroxyl groups is 1. The highest BCUT2D eigenvalue weighted by Gasteiger charge is 2.19. The van der Waals surface area contributed by atoms with Crippen LogP contribution in [0.15, 0.2) is 10.7 Å². The predicted molar refractivity (Wildman–Crippen MR) is 42.6 cm³/mol. The Bertz CT molecular complexity index is 493. The number of methoxy groups -OCH3 is 1. The first-order valence-corrected chi connectivity index (χ1v) is 3.62. The molecule has 0 amide bonds. The SMILES string of the molecule is COC(=O)c1noc2ncc(O)nc12. The second-order valence-electron chi connectivity index (χ2n) is 2.40. The van der Waals surface area contributed by atoms with Gasteiger partial charge in [0.2, 0.25) is 11.6 Å². The lowest BCUT2D eigenvalue weighted by Gasteiger charge is -1.92. The zero-order valence-corrected chi connectivity index (χ0v) is 7.09. The van der Waals surface area contributed by atoms with E-state index in [1.807, 2.05) is 0 Å². The van der Waals surface area contributed by atoms with E-state index in [1.54, 1.807) is 0 Å². The summed E-state index contributed by atoms with van der Waals surface area (Å²) in [5, 5.41) is 12.5. The van der Waals surface area contributed by atoms with Crippen molar-refractivity contribution in [1.29, 1.82) is 0 Å². The van der Waals surface area contributed by atoms with Crippen molar-refractivity contribution in [3.63, 3.8) is 0 Å². The maximum absolute atomic E-state index is 11.1. The van der Waals surface area contributed by atoms with Gasteiger partial charge in [-0.1, -0.05) is 5.16 Å². The molecule has 0 unspecified atom stereocenters. The molecular formula is C7H5N3O4. The van der Waals surface area contributed by atoms with E-state index >= 15 is 0 Å². The maximum atomic E-state index is 11.1. The van der Waals surface area contributed by atoms with Crippen molar-refractivity contribution in [1.82, 2.24) is 15.1 Å². The normalized spacial score (nSPS) is 10.4. The zero-order valence-electron chi connectivity index (χ0n) is 7.09. The number of fused-ring (bicyclic) bond motifs is 1. The molecule has 14 heavy (non-hydrogen) atoms. The molecule has 0 radical (unpaired) electrons. The molecule has 0 saturated heterocycles. The Balaban J connectivity index is 2.67. The summed E-state index contributed by atoms with van der Waals surface area (Å²) >= 11 is 0. The van der Waals surface area contributed by atoms with Crippen LogP contribution in [0.3, 0.4) is 0 Å². The van der Waals surface area contributed by atoms with Crippen LogP contribution < -0.4 is 0 Å². The minimum absolute atomic E-state index is 0.0724. The summed E-state index contributed by atoms with van der Waals surface area (Å²) in [6.45, 7) is 0. The van der Waals surface area contributed by atoms with Crippen molar-refractivity contribution < 1.29 is 19.2 Å². The van der Waals surface area contributed by atoms with Crippen LogP contribution in [0.4, 0.5) is 0 Å². The number of carbonyl (C=O) groups excluding carboxylic acids is 1. The average Bonchev–Trinajstić information content (AvgIpc) is 2.59. The summed E-state index contributed by atoms with van der Waals surface area (Å²) in [5.41, 5.74) is 0.0472. The van der Waals surface area contributed by atoms with Crippen LogP contribution in [0.1, 0.15) is 10.5 Å². The summed E-state index contributed by atoms with van der Waals surface area (Å²) in [7, 11) is 1.21. The first kappa shape index (κ1) is 8.42. The predicted octanol–water partition coefficient (Wildman–Crippen LogP) is 0.110. The van der Waals surface area contributed by atoms with Gasteiger partial charge in [-0.05, 0) is 0 Å². The summed E-state index contributed by atoms with van der Waals surface area (Å²) < 4.78 is 9.12. The lowest BCUT2D eigenvalue weighted by atomic mass is 10.4. The molecule has 0 aliphatic rings. The molecule has 0 spiro atoms. The molecule has 0 aliphatic heterocycles. The molecule has 0 fully saturated rings. The van der Waals surface area contributed by atoms with Crippen molar-refractivity contribution in [2.45, 2.75) is 0 Å². The summed E-state index contributed by atoms with van der Waals surface area (Å²) in [5.74, 6) is -1.01. The Kier molecular flexibility index (Phi) is 1.77. The summed E-state index contributed by atoms with van der Waals surface area (Å²) in [4.78, 5) is 18.4. The molecule has 7 nitrogen and oxygen atoms in total. The standard InChI is InChI=1S/C7H5N3O4/c1-13-7(12)5-4-6(14-10-5)8-2-3(11)9-4/h2H,1H3,(H,9,11). The Labute approximate surface area is 77.3 Å². The molecule has 0 aromatic carbocycles. The molecule has 2 aromatic heterocycles. The largest absolute Gasteiger partial charge is 0.492 e. The number of nitrogens with zero attached hydrogens (tertiary/aromatic N) is 3. The van der Waals surface area contributed by atoms with Crippen LogP contribution in [0.25, 0.3) is 11.2 Å². The Morgan fingerprint density at radius 2 is 2.43 bits per heavy atom. The van der Waals surface area contributed by atoms with Crippen molar-refractivity contribution in [2.24, 2.45) is 0 Å². The van der Waals surface area contributed by atoms with Gasteiger partial charge in [0.05, 0.1) is 13.3 Å². The molecule has 7 heteroatoms. The van der Waals surface area contributed by atoms with E-state index in [0.717, 1.165) is 6.20 Å². The van der Waals surface area contributed by atoms with Crippen molar-refractivity contribution in [3.05, 3.63) is 11.9 Å². The number of hydrogen-bond donors (Lipinski definition) is 1. The monoisotopic (exact) mass is 195 g/mol. The van der Waals surface area contributed by atoms with Crippen molar-refractivity contribution in [2.75, 3.05) is 7.11 Å². The number of ether oxygens (including phenoxy) is 1. The van der Waals surface area contributed by atoms with Crippen LogP contribution in [-0.2, 0) is 4.74 Å². The Morgan fingerprint density at radius 3 is 3.14 bits per heavy atom. The molecule has 1 N–H and O–H groups in total. The fourth-order valence-corrected chi connectivity index (χ4v) is 0.953. The van der Waals surface area contributed by atoms with Gasteiger partial charge in [0, 0.05) is 0 Å². The molecule has 2 aromatic rings. The fourth-order valence-electron chi connectivity index (χ4n) is 0.953. The van der Waals surface area contributed by atoms with Gasteiger partial charge in [-0.2, -0.15) is 0 Å². The molecule has 2 heterocycles. The maximum Gasteiger partial charge on any atom is 0.362 e. The number of esters is 1. The number of hydrogen-bond acceptors (Lipinski definition) is 7. The van der Waals surface area contributed by atoms with Crippen LogP contribution in [0, 0.1) is 0 Å². The Hall–Kier alpha value is -2.18. The lowest BCUT2D eigenvalue weighted by molar-refractivity contribution is 0.0591. The smallest absolute Gasteiger partial charge is 0.362 e. The third-order valence-corrected chi connectivity index (χ3v) is 1.55. The Morgan fingerprint density at radius 1 is 1.64 bits per heavy atom. The van der Waals surface area contributed by atoms with Gasteiger partial charge in [0.25, 0.3) is 5.71 Å². The van der Waals surface area contributed by atoms with Crippen LogP contribution >= 0.6 is 0 Å². The van der Waals surface area contributed by atoms with Crippen LogP contribution in [0.2, 0.25) is 0 Å². The second kappa shape index (κ2) is 2.95. The topological polar surface area (TPSA) is 98.3 Å². The van der Waals surface area contributed by atoms with E-state index in [4.69, 9.17) is 9.63 Å². The van der Waals surface area contributed by atoms with Crippen molar-refractivity contribution >= 4 is 17.2 Å². The summed E-state index contributed by atoms with van der Waals surface area (Å²) in [6.07, 6.45) is 1.09. The first-order valence-electron chi connectivity index (χ1n) is 3.62. The third kappa shape index (κ3) is 1.15. The van der Waals surface area contributed by atoms with E-state index in [0.29, 0.717) is 0 Å². The average molecular weight is 195 g/mol. The number of aromatic nitrogens is 3. The van der Waals surface area contributed by atoms with Gasteiger partial charge in [-0.25, -0.2) is 14.8 Å². The third-order valence-electron chi connectivity index (χ3n) is 1.55. The first-order chi connectivity index (χ1) is 6.72. The van der Waals surface area contributed by atoms with E-state index in [-0.39, 0.29) is 22.8 Å². The quantitative estimate of drug-likeness (QED) is 0.644. The van der Waals surface area contributed by atoms with Gasteiger partial charge >= 0.3 is 5.97 Å². The molecule has 2 rings (SSSR count). The van der Waals surface area contributed by atoms with E-state index < -0.39 is 5.97 Å². The highest BCUT2D eigenvalue weighted by molar-refractivity contribution is 5.98. The van der Waals surface area contributed by atoms with Gasteiger partial charge in [0.15, 0.2) is 5.52 Å². The summed E-state index contributed by atoms with van der Waals surface area (Å²) in [6, 6.07) is 0. The van der Waals surface area contributed by atoms with Crippen molar-refractivity contribution in [3.8, 4) is 5.88 Å². The molecular weight excluding hydrogens is 190 g/mol. The van der Waals surface area contributed by atoms with Gasteiger partial charge < -0.3 is 14.4 Å². The van der Waals surface area contributed by atoms with E-state index in [2.05, 4.69) is 19.9 Å². The number of carbonyl (C=O) groups is 1. The molecule has 0 saturated carbocycles.